The van der Waals surface area contributed by atoms with Gasteiger partial charge in [-0.25, -0.2) is 0 Å². The maximum Gasteiger partial charge on any atom is 3.00 e. The third kappa shape index (κ3) is 5.36. The molecule has 0 N–H and O–H groups in total. The van der Waals surface area contributed by atoms with Crippen LogP contribution in [0, 0.1) is 39.6 Å². The zero-order chi connectivity index (χ0) is 29.5. The van der Waals surface area contributed by atoms with Gasteiger partial charge in [0.05, 0.1) is 0 Å². The number of fused-ring (bicyclic) bond motifs is 6. The summed E-state index contributed by atoms with van der Waals surface area (Å²) in [4.78, 5) is 8.83. The van der Waals surface area contributed by atoms with Gasteiger partial charge in [-0.2, -0.15) is 18.8 Å². The molecule has 8 rings (SSSR count). The average Bonchev–Trinajstić information content (AvgIpc) is 3.74. The standard InChI is InChI=1S/C25H21N3.C14H14N.Ir/c1-2-3-13-26-14-15-27(17-26)18-11-12-24-22(16-18)21-9-6-8-20-19-7-4-5-10-23(19)28(24)25(20)21;1-10-4-6-13(7-5-10)14-8-11(2)12(3)9-15-14;/h4-10,12,14-17H,2-3,13H2,1H3;4-6,8-9H,1-3H3;/q-2;-1;+3. The molecule has 4 nitrogen and oxygen atoms in total. The van der Waals surface area contributed by atoms with Gasteiger partial charge in [0.15, 0.2) is 0 Å². The normalized spacial score (nSPS) is 12.8. The summed E-state index contributed by atoms with van der Waals surface area (Å²) in [6, 6.07) is 34.7. The van der Waals surface area contributed by atoms with Crippen LogP contribution in [0.4, 0.5) is 5.69 Å². The number of aryl methyl sites for hydroxylation is 3. The van der Waals surface area contributed by atoms with Gasteiger partial charge >= 0.3 is 20.1 Å². The summed E-state index contributed by atoms with van der Waals surface area (Å²) in [5, 5.41) is 5.24. The minimum absolute atomic E-state index is 0. The van der Waals surface area contributed by atoms with E-state index in [9.17, 15) is 0 Å². The molecule has 5 heteroatoms. The first kappa shape index (κ1) is 29.9. The SMILES string of the molecule is CCCCN1C=CN(c2[c-]cc3c(c2)c2cccc4c5ccccc5n3c24)[CH-]1.Cc1c[c-]c(-c2cc(C)c(C)cn2)cc1.[Ir+3]. The van der Waals surface area contributed by atoms with Crippen molar-refractivity contribution in [1.82, 2.24) is 14.3 Å². The minimum Gasteiger partial charge on any atom is -0.508 e. The van der Waals surface area contributed by atoms with Crippen LogP contribution in [0.25, 0.3) is 49.4 Å². The largest absolute Gasteiger partial charge is 3.00 e. The molecule has 0 bridgehead atoms. The van der Waals surface area contributed by atoms with Gasteiger partial charge in [-0.15, -0.1) is 52.5 Å². The number of nitrogens with zero attached hydrogens (tertiary/aromatic N) is 4. The van der Waals surface area contributed by atoms with Crippen molar-refractivity contribution in [2.45, 2.75) is 40.5 Å². The predicted octanol–water partition coefficient (Wildman–Crippen LogP) is 9.62. The number of hydrogen-bond donors (Lipinski definition) is 0. The number of rotatable bonds is 5. The Kier molecular flexibility index (Phi) is 8.44. The average molecular weight is 752 g/mol. The van der Waals surface area contributed by atoms with Gasteiger partial charge in [-0.3, -0.25) is 0 Å². The van der Waals surface area contributed by atoms with Crippen molar-refractivity contribution in [1.29, 1.82) is 0 Å². The van der Waals surface area contributed by atoms with Crippen molar-refractivity contribution in [3.8, 4) is 11.3 Å². The molecule has 4 heterocycles. The first-order chi connectivity index (χ1) is 21.0. The second kappa shape index (κ2) is 12.4. The zero-order valence-electron chi connectivity index (χ0n) is 25.6. The Labute approximate surface area is 273 Å². The van der Waals surface area contributed by atoms with Gasteiger partial charge in [0, 0.05) is 28.0 Å². The van der Waals surface area contributed by atoms with Crippen molar-refractivity contribution in [2.24, 2.45) is 0 Å². The van der Waals surface area contributed by atoms with Crippen molar-refractivity contribution < 1.29 is 20.1 Å². The van der Waals surface area contributed by atoms with Crippen molar-refractivity contribution in [2.75, 3.05) is 11.4 Å². The molecule has 0 saturated carbocycles. The summed E-state index contributed by atoms with van der Waals surface area (Å²) in [7, 11) is 0. The van der Waals surface area contributed by atoms with Crippen LogP contribution in [-0.2, 0) is 20.1 Å². The molecule has 0 fully saturated rings. The van der Waals surface area contributed by atoms with Crippen LogP contribution in [0.3, 0.4) is 0 Å². The van der Waals surface area contributed by atoms with Gasteiger partial charge in [-0.05, 0) is 61.9 Å². The zero-order valence-corrected chi connectivity index (χ0v) is 28.0. The molecular formula is C39H35IrN4. The van der Waals surface area contributed by atoms with Gasteiger partial charge in [0.2, 0.25) is 0 Å². The van der Waals surface area contributed by atoms with Crippen LogP contribution in [-0.4, -0.2) is 20.8 Å². The van der Waals surface area contributed by atoms with Crippen LogP contribution in [0.1, 0.15) is 36.5 Å². The smallest absolute Gasteiger partial charge is 0.508 e. The summed E-state index contributed by atoms with van der Waals surface area (Å²) >= 11 is 0. The Morgan fingerprint density at radius 2 is 1.57 bits per heavy atom. The molecule has 0 radical (unpaired) electrons. The molecule has 0 amide bonds. The number of para-hydroxylation sites is 2. The molecule has 0 saturated heterocycles. The first-order valence-electron chi connectivity index (χ1n) is 15.1. The van der Waals surface area contributed by atoms with E-state index in [4.69, 9.17) is 0 Å². The van der Waals surface area contributed by atoms with Gasteiger partial charge in [0.1, 0.15) is 0 Å². The molecule has 7 aromatic rings. The molecule has 1 aliphatic rings. The van der Waals surface area contributed by atoms with Gasteiger partial charge in [-0.1, -0.05) is 73.8 Å². The van der Waals surface area contributed by atoms with Crippen molar-refractivity contribution >= 4 is 43.8 Å². The fraction of sp³-hybridized carbons (Fsp3) is 0.179. The maximum absolute atomic E-state index is 4.41. The van der Waals surface area contributed by atoms with Gasteiger partial charge in [0.25, 0.3) is 0 Å². The Morgan fingerprint density at radius 3 is 2.34 bits per heavy atom. The molecule has 0 unspecified atom stereocenters. The van der Waals surface area contributed by atoms with Crippen molar-refractivity contribution in [3.63, 3.8) is 0 Å². The van der Waals surface area contributed by atoms with E-state index in [0.717, 1.165) is 23.5 Å². The molecule has 44 heavy (non-hydrogen) atoms. The Morgan fingerprint density at radius 1 is 0.773 bits per heavy atom. The summed E-state index contributed by atoms with van der Waals surface area (Å²) in [5.41, 5.74) is 10.7. The summed E-state index contributed by atoms with van der Waals surface area (Å²) in [6.07, 6.45) is 8.60. The van der Waals surface area contributed by atoms with Gasteiger partial charge < -0.3 is 19.2 Å². The molecular weight excluding hydrogens is 717 g/mol. The summed E-state index contributed by atoms with van der Waals surface area (Å²) in [6.45, 7) is 11.7. The fourth-order valence-corrected chi connectivity index (χ4v) is 5.95. The number of anilines is 1. The number of pyridine rings is 1. The van der Waals surface area contributed by atoms with E-state index < -0.39 is 0 Å². The van der Waals surface area contributed by atoms with E-state index in [1.54, 1.807) is 0 Å². The Balaban J connectivity index is 0.000000183. The van der Waals surface area contributed by atoms with Crippen LogP contribution in [0.15, 0.2) is 97.5 Å². The number of aromatic nitrogens is 2. The molecule has 0 atom stereocenters. The van der Waals surface area contributed by atoms with E-state index in [-0.39, 0.29) is 20.1 Å². The third-order valence-electron chi connectivity index (χ3n) is 8.50. The maximum atomic E-state index is 4.41. The van der Waals surface area contributed by atoms with Crippen LogP contribution in [0.5, 0.6) is 0 Å². The van der Waals surface area contributed by atoms with Crippen LogP contribution >= 0.6 is 0 Å². The summed E-state index contributed by atoms with van der Waals surface area (Å²) in [5.74, 6) is 0. The van der Waals surface area contributed by atoms with E-state index >= 15 is 0 Å². The monoisotopic (exact) mass is 752 g/mol. The molecule has 1 aliphatic heterocycles. The number of hydrogen-bond acceptors (Lipinski definition) is 3. The number of unbranched alkanes of at least 4 members (excludes halogenated alkanes) is 1. The first-order valence-corrected chi connectivity index (χ1v) is 15.1. The fourth-order valence-electron chi connectivity index (χ4n) is 5.95. The Hall–Kier alpha value is -4.18. The topological polar surface area (TPSA) is 23.8 Å². The van der Waals surface area contributed by atoms with E-state index in [0.29, 0.717) is 0 Å². The number of benzene rings is 4. The van der Waals surface area contributed by atoms with E-state index in [1.807, 2.05) is 12.3 Å². The third-order valence-corrected chi connectivity index (χ3v) is 8.50. The van der Waals surface area contributed by atoms with E-state index in [1.165, 1.54) is 67.6 Å². The molecule has 0 aliphatic carbocycles. The molecule has 3 aromatic heterocycles. The van der Waals surface area contributed by atoms with Crippen LogP contribution in [0.2, 0.25) is 0 Å². The quantitative estimate of drug-likeness (QED) is 0.164. The second-order valence-corrected chi connectivity index (χ2v) is 11.5. The van der Waals surface area contributed by atoms with E-state index in [2.05, 4.69) is 151 Å². The summed E-state index contributed by atoms with van der Waals surface area (Å²) < 4.78 is 2.40. The molecule has 4 aromatic carbocycles. The predicted molar refractivity (Wildman–Crippen MR) is 180 cm³/mol. The second-order valence-electron chi connectivity index (χ2n) is 11.5. The molecule has 0 spiro atoms. The van der Waals surface area contributed by atoms with Crippen molar-refractivity contribution in [3.05, 3.63) is 133 Å². The Bertz CT molecular complexity index is 2090. The van der Waals surface area contributed by atoms with Crippen LogP contribution < -0.4 is 4.90 Å². The minimum atomic E-state index is 0. The molecule has 220 valence electrons.